The second-order valence-corrected chi connectivity index (χ2v) is 7.05. The summed E-state index contributed by atoms with van der Waals surface area (Å²) in [5, 5.41) is 3.52. The molecular formula is C16H30N2. The average molecular weight is 250 g/mol. The Labute approximate surface area is 113 Å². The molecule has 3 rings (SSSR count). The predicted molar refractivity (Wildman–Crippen MR) is 76.8 cm³/mol. The molecule has 2 aliphatic heterocycles. The molecule has 2 heteroatoms. The van der Waals surface area contributed by atoms with Crippen LogP contribution in [0, 0.1) is 11.3 Å². The SMILES string of the molecule is C1CCC(CN2CCC3(CCNCC3)CC2)CC1. The van der Waals surface area contributed by atoms with E-state index >= 15 is 0 Å². The Kier molecular flexibility index (Phi) is 4.25. The quantitative estimate of drug-likeness (QED) is 0.810. The highest BCUT2D eigenvalue weighted by Gasteiger charge is 2.35. The van der Waals surface area contributed by atoms with E-state index in [0.717, 1.165) is 11.3 Å². The number of nitrogens with one attached hydrogen (secondary N) is 1. The number of piperidine rings is 2. The zero-order chi connectivity index (χ0) is 12.3. The van der Waals surface area contributed by atoms with E-state index in [1.54, 1.807) is 0 Å². The molecule has 0 unspecified atom stereocenters. The Hall–Kier alpha value is -0.0800. The molecule has 0 atom stereocenters. The van der Waals surface area contributed by atoms with Crippen molar-refractivity contribution in [1.29, 1.82) is 0 Å². The number of likely N-dealkylation sites (tertiary alicyclic amines) is 1. The third kappa shape index (κ3) is 3.08. The van der Waals surface area contributed by atoms with Crippen LogP contribution in [0.1, 0.15) is 57.8 Å². The van der Waals surface area contributed by atoms with E-state index in [1.165, 1.54) is 90.5 Å². The third-order valence-corrected chi connectivity index (χ3v) is 5.82. The second-order valence-electron chi connectivity index (χ2n) is 7.05. The molecule has 1 saturated carbocycles. The fourth-order valence-electron chi connectivity index (χ4n) is 4.40. The van der Waals surface area contributed by atoms with Gasteiger partial charge in [-0.1, -0.05) is 19.3 Å². The van der Waals surface area contributed by atoms with Gasteiger partial charge in [-0.2, -0.15) is 0 Å². The molecule has 0 aromatic heterocycles. The van der Waals surface area contributed by atoms with E-state index in [1.807, 2.05) is 0 Å². The zero-order valence-electron chi connectivity index (χ0n) is 11.9. The van der Waals surface area contributed by atoms with Gasteiger partial charge in [0.15, 0.2) is 0 Å². The summed E-state index contributed by atoms with van der Waals surface area (Å²) in [5.74, 6) is 1.03. The van der Waals surface area contributed by atoms with Gasteiger partial charge in [-0.05, 0) is 76.0 Å². The molecule has 104 valence electrons. The van der Waals surface area contributed by atoms with E-state index in [4.69, 9.17) is 0 Å². The van der Waals surface area contributed by atoms with Crippen molar-refractivity contribution in [3.63, 3.8) is 0 Å². The highest BCUT2D eigenvalue weighted by molar-refractivity contribution is 4.90. The Morgan fingerprint density at radius 3 is 2.22 bits per heavy atom. The molecule has 1 spiro atoms. The van der Waals surface area contributed by atoms with Crippen molar-refractivity contribution in [3.8, 4) is 0 Å². The maximum atomic E-state index is 3.52. The fourth-order valence-corrected chi connectivity index (χ4v) is 4.40. The third-order valence-electron chi connectivity index (χ3n) is 5.82. The van der Waals surface area contributed by atoms with E-state index in [2.05, 4.69) is 10.2 Å². The maximum absolute atomic E-state index is 3.52. The average Bonchev–Trinajstić information content (AvgIpc) is 2.44. The maximum Gasteiger partial charge on any atom is 0.000966 e. The van der Waals surface area contributed by atoms with E-state index < -0.39 is 0 Å². The van der Waals surface area contributed by atoms with Crippen LogP contribution in [-0.4, -0.2) is 37.6 Å². The summed E-state index contributed by atoms with van der Waals surface area (Å²) in [4.78, 5) is 2.78. The van der Waals surface area contributed by atoms with Crippen molar-refractivity contribution in [2.75, 3.05) is 32.7 Å². The number of rotatable bonds is 2. The summed E-state index contributed by atoms with van der Waals surface area (Å²) in [6.45, 7) is 6.71. The van der Waals surface area contributed by atoms with Gasteiger partial charge in [0.25, 0.3) is 0 Å². The number of hydrogen-bond donors (Lipinski definition) is 1. The van der Waals surface area contributed by atoms with Crippen molar-refractivity contribution < 1.29 is 0 Å². The van der Waals surface area contributed by atoms with Crippen molar-refractivity contribution in [3.05, 3.63) is 0 Å². The molecule has 0 aromatic carbocycles. The van der Waals surface area contributed by atoms with Crippen LogP contribution in [0.15, 0.2) is 0 Å². The normalized spacial score (nSPS) is 30.7. The Balaban J connectivity index is 1.44. The molecule has 0 radical (unpaired) electrons. The fraction of sp³-hybridized carbons (Fsp3) is 1.00. The van der Waals surface area contributed by atoms with Crippen LogP contribution in [0.25, 0.3) is 0 Å². The summed E-state index contributed by atoms with van der Waals surface area (Å²) < 4.78 is 0. The Bertz CT molecular complexity index is 242. The molecule has 1 N–H and O–H groups in total. The minimum absolute atomic E-state index is 0.730. The lowest BCUT2D eigenvalue weighted by atomic mass is 9.71. The van der Waals surface area contributed by atoms with Crippen molar-refractivity contribution in [1.82, 2.24) is 10.2 Å². The van der Waals surface area contributed by atoms with Crippen LogP contribution < -0.4 is 5.32 Å². The summed E-state index contributed by atoms with van der Waals surface area (Å²) in [7, 11) is 0. The van der Waals surface area contributed by atoms with Gasteiger partial charge >= 0.3 is 0 Å². The predicted octanol–water partition coefficient (Wildman–Crippen LogP) is 3.03. The van der Waals surface area contributed by atoms with Crippen molar-refractivity contribution in [2.45, 2.75) is 57.8 Å². The Morgan fingerprint density at radius 1 is 0.889 bits per heavy atom. The topological polar surface area (TPSA) is 15.3 Å². The molecule has 2 nitrogen and oxygen atoms in total. The summed E-state index contributed by atoms with van der Waals surface area (Å²) in [5.41, 5.74) is 0.730. The van der Waals surface area contributed by atoms with Gasteiger partial charge in [0, 0.05) is 6.54 Å². The van der Waals surface area contributed by atoms with Gasteiger partial charge in [-0.15, -0.1) is 0 Å². The first-order valence-corrected chi connectivity index (χ1v) is 8.29. The van der Waals surface area contributed by atoms with Crippen molar-refractivity contribution >= 4 is 0 Å². The number of nitrogens with zero attached hydrogens (tertiary/aromatic N) is 1. The van der Waals surface area contributed by atoms with Crippen LogP contribution in [0.2, 0.25) is 0 Å². The molecule has 0 amide bonds. The zero-order valence-corrected chi connectivity index (χ0v) is 11.9. The standard InChI is InChI=1S/C16H30N2/c1-2-4-15(5-3-1)14-18-12-8-16(9-13-18)6-10-17-11-7-16/h15,17H,1-14H2. The first-order chi connectivity index (χ1) is 8.86. The lowest BCUT2D eigenvalue weighted by molar-refractivity contribution is 0.0614. The molecule has 0 aromatic rings. The first kappa shape index (κ1) is 12.9. The van der Waals surface area contributed by atoms with Gasteiger partial charge in [0.1, 0.15) is 0 Å². The first-order valence-electron chi connectivity index (χ1n) is 8.29. The van der Waals surface area contributed by atoms with Gasteiger partial charge in [0.2, 0.25) is 0 Å². The van der Waals surface area contributed by atoms with Crippen molar-refractivity contribution in [2.24, 2.45) is 11.3 Å². The van der Waals surface area contributed by atoms with E-state index in [0.29, 0.717) is 0 Å². The smallest absolute Gasteiger partial charge is 0.000966 e. The summed E-state index contributed by atoms with van der Waals surface area (Å²) in [6, 6.07) is 0. The van der Waals surface area contributed by atoms with Gasteiger partial charge in [-0.3, -0.25) is 0 Å². The lowest BCUT2D eigenvalue weighted by Gasteiger charge is -2.45. The van der Waals surface area contributed by atoms with Crippen LogP contribution in [0.4, 0.5) is 0 Å². The molecule has 2 heterocycles. The van der Waals surface area contributed by atoms with E-state index in [-0.39, 0.29) is 0 Å². The van der Waals surface area contributed by atoms with Gasteiger partial charge in [0.05, 0.1) is 0 Å². The van der Waals surface area contributed by atoms with Gasteiger partial charge < -0.3 is 10.2 Å². The van der Waals surface area contributed by atoms with Gasteiger partial charge in [-0.25, -0.2) is 0 Å². The van der Waals surface area contributed by atoms with E-state index in [9.17, 15) is 0 Å². The summed E-state index contributed by atoms with van der Waals surface area (Å²) >= 11 is 0. The van der Waals surface area contributed by atoms with Crippen LogP contribution in [0.3, 0.4) is 0 Å². The molecule has 3 fully saturated rings. The second kappa shape index (κ2) is 5.92. The van der Waals surface area contributed by atoms with Crippen LogP contribution in [-0.2, 0) is 0 Å². The summed E-state index contributed by atoms with van der Waals surface area (Å²) in [6.07, 6.45) is 13.3. The largest absolute Gasteiger partial charge is 0.317 e. The minimum Gasteiger partial charge on any atom is -0.317 e. The van der Waals surface area contributed by atoms with Crippen LogP contribution >= 0.6 is 0 Å². The number of hydrogen-bond acceptors (Lipinski definition) is 2. The van der Waals surface area contributed by atoms with Crippen LogP contribution in [0.5, 0.6) is 0 Å². The highest BCUT2D eigenvalue weighted by Crippen LogP contribution is 2.39. The molecule has 0 bridgehead atoms. The molecule has 2 saturated heterocycles. The highest BCUT2D eigenvalue weighted by atomic mass is 15.1. The molecule has 3 aliphatic rings. The molecule has 18 heavy (non-hydrogen) atoms. The Morgan fingerprint density at radius 2 is 1.56 bits per heavy atom. The molecule has 1 aliphatic carbocycles. The molecular weight excluding hydrogens is 220 g/mol. The lowest BCUT2D eigenvalue weighted by Crippen LogP contribution is -2.46. The monoisotopic (exact) mass is 250 g/mol. The minimum atomic E-state index is 0.730.